The van der Waals surface area contributed by atoms with Crippen LogP contribution in [0.3, 0.4) is 0 Å². The molecule has 1 amide bonds. The molecule has 8 nitrogen and oxygen atoms in total. The fraction of sp³-hybridized carbons (Fsp3) is 0.227. The molecule has 0 spiro atoms. The molecule has 0 fully saturated rings. The van der Waals surface area contributed by atoms with E-state index in [0.29, 0.717) is 26.8 Å². The van der Waals surface area contributed by atoms with Crippen molar-refractivity contribution in [3.63, 3.8) is 0 Å². The lowest BCUT2D eigenvalue weighted by Crippen LogP contribution is -2.31. The largest absolute Gasteiger partial charge is 0.503 e. The van der Waals surface area contributed by atoms with Gasteiger partial charge in [-0.1, -0.05) is 41.7 Å². The molecule has 1 aliphatic rings. The summed E-state index contributed by atoms with van der Waals surface area (Å²) in [5.74, 6) is -2.43. The SMILES string of the molecule is COC(=O)c1sc(N2C(=O)C(O)=C(C(=O)c3sc(C)nc3C)C2c2ccccc2)nc1C. The summed E-state index contributed by atoms with van der Waals surface area (Å²) in [6, 6.07) is 8.01. The minimum absolute atomic E-state index is 0.0413. The van der Waals surface area contributed by atoms with Crippen molar-refractivity contribution >= 4 is 45.5 Å². The van der Waals surface area contributed by atoms with Gasteiger partial charge in [-0.15, -0.1) is 11.3 Å². The van der Waals surface area contributed by atoms with E-state index in [1.54, 1.807) is 45.0 Å². The van der Waals surface area contributed by atoms with Crippen molar-refractivity contribution in [2.75, 3.05) is 12.0 Å². The van der Waals surface area contributed by atoms with Gasteiger partial charge in [-0.3, -0.25) is 14.5 Å². The number of aryl methyl sites for hydroxylation is 3. The van der Waals surface area contributed by atoms with Crippen molar-refractivity contribution in [2.24, 2.45) is 0 Å². The highest BCUT2D eigenvalue weighted by molar-refractivity contribution is 7.17. The molecule has 1 unspecified atom stereocenters. The van der Waals surface area contributed by atoms with Gasteiger partial charge in [0.25, 0.3) is 5.91 Å². The second-order valence-corrected chi connectivity index (χ2v) is 9.31. The Bertz CT molecular complexity index is 1280. The van der Waals surface area contributed by atoms with E-state index in [4.69, 9.17) is 4.74 Å². The predicted molar refractivity (Wildman–Crippen MR) is 120 cm³/mol. The first-order valence-corrected chi connectivity index (χ1v) is 11.2. The number of aliphatic hydroxyl groups is 1. The van der Waals surface area contributed by atoms with Gasteiger partial charge in [0.1, 0.15) is 4.88 Å². The number of hydrogen-bond acceptors (Lipinski definition) is 9. The number of aromatic nitrogens is 2. The summed E-state index contributed by atoms with van der Waals surface area (Å²) in [5.41, 5.74) is 1.51. The van der Waals surface area contributed by atoms with Crippen LogP contribution in [-0.2, 0) is 9.53 Å². The van der Waals surface area contributed by atoms with Crippen LogP contribution in [0.4, 0.5) is 5.13 Å². The van der Waals surface area contributed by atoms with Gasteiger partial charge in [-0.2, -0.15) is 0 Å². The zero-order valence-corrected chi connectivity index (χ0v) is 19.3. The lowest BCUT2D eigenvalue weighted by atomic mass is 9.95. The smallest absolute Gasteiger partial charge is 0.350 e. The van der Waals surface area contributed by atoms with Gasteiger partial charge >= 0.3 is 5.97 Å². The molecule has 2 aromatic heterocycles. The summed E-state index contributed by atoms with van der Waals surface area (Å²) < 4.78 is 4.79. The Kier molecular flexibility index (Phi) is 5.66. The highest BCUT2D eigenvalue weighted by atomic mass is 32.1. The Hall–Kier alpha value is -3.37. The number of Topliss-reactive ketones (excluding diaryl/α,β-unsaturated/α-hetero) is 1. The molecule has 1 aromatic carbocycles. The number of carbonyl (C=O) groups excluding carboxylic acids is 3. The first-order chi connectivity index (χ1) is 15.2. The monoisotopic (exact) mass is 469 g/mol. The summed E-state index contributed by atoms with van der Waals surface area (Å²) in [6.07, 6.45) is 0. The number of methoxy groups -OCH3 is 1. The third kappa shape index (κ3) is 3.51. The maximum Gasteiger partial charge on any atom is 0.350 e. The number of ketones is 1. The lowest BCUT2D eigenvalue weighted by Gasteiger charge is -2.24. The average Bonchev–Trinajstić information content (AvgIpc) is 3.41. The number of nitrogens with zero attached hydrogens (tertiary/aromatic N) is 3. The molecule has 0 saturated heterocycles. The fourth-order valence-corrected chi connectivity index (χ4v) is 5.50. The zero-order valence-electron chi connectivity index (χ0n) is 17.7. The third-order valence-electron chi connectivity index (χ3n) is 5.04. The number of anilines is 1. The van der Waals surface area contributed by atoms with Crippen LogP contribution in [0.1, 0.15) is 47.3 Å². The molecule has 3 heterocycles. The topological polar surface area (TPSA) is 110 Å². The standard InChI is InChI=1S/C22H19N3O5S2/c1-10-18(31-12(3)23-10)16(26)14-15(13-8-6-5-7-9-13)25(20(28)17(14)27)22-24-11(2)19(32-22)21(29)30-4/h5-9,15,27H,1-4H3. The Morgan fingerprint density at radius 3 is 2.28 bits per heavy atom. The van der Waals surface area contributed by atoms with Gasteiger partial charge in [0.2, 0.25) is 5.78 Å². The molecule has 0 bridgehead atoms. The Labute approximate surface area is 191 Å². The molecule has 1 atom stereocenters. The zero-order chi connectivity index (χ0) is 23.2. The molecule has 1 aliphatic heterocycles. The van der Waals surface area contributed by atoms with Crippen LogP contribution in [0.2, 0.25) is 0 Å². The summed E-state index contributed by atoms with van der Waals surface area (Å²) in [7, 11) is 1.26. The summed E-state index contributed by atoms with van der Waals surface area (Å²) >= 11 is 2.18. The van der Waals surface area contributed by atoms with Crippen molar-refractivity contribution in [1.82, 2.24) is 9.97 Å². The van der Waals surface area contributed by atoms with Gasteiger partial charge in [0, 0.05) is 0 Å². The number of amides is 1. The molecular formula is C22H19N3O5S2. The maximum absolute atomic E-state index is 13.5. The highest BCUT2D eigenvalue weighted by Gasteiger charge is 2.46. The molecule has 4 rings (SSSR count). The number of benzene rings is 1. The fourth-order valence-electron chi connectivity index (χ4n) is 3.62. The molecule has 0 saturated carbocycles. The molecule has 1 N–H and O–H groups in total. The number of carbonyl (C=O) groups is 3. The number of aliphatic hydroxyl groups excluding tert-OH is 1. The normalized spacial score (nSPS) is 16.1. The van der Waals surface area contributed by atoms with Gasteiger partial charge < -0.3 is 9.84 Å². The number of rotatable bonds is 5. The van der Waals surface area contributed by atoms with Crippen LogP contribution in [0, 0.1) is 20.8 Å². The van der Waals surface area contributed by atoms with Gasteiger partial charge in [0.05, 0.1) is 40.0 Å². The van der Waals surface area contributed by atoms with Crippen molar-refractivity contribution in [2.45, 2.75) is 26.8 Å². The molecule has 32 heavy (non-hydrogen) atoms. The summed E-state index contributed by atoms with van der Waals surface area (Å²) in [4.78, 5) is 49.3. The first kappa shape index (κ1) is 21.8. The minimum atomic E-state index is -0.908. The second-order valence-electron chi connectivity index (χ2n) is 7.13. The van der Waals surface area contributed by atoms with Crippen molar-refractivity contribution < 1.29 is 24.2 Å². The van der Waals surface area contributed by atoms with E-state index in [-0.39, 0.29) is 15.6 Å². The van der Waals surface area contributed by atoms with E-state index in [9.17, 15) is 19.5 Å². The molecule has 0 aliphatic carbocycles. The highest BCUT2D eigenvalue weighted by Crippen LogP contribution is 2.44. The third-order valence-corrected chi connectivity index (χ3v) is 7.25. The van der Waals surface area contributed by atoms with E-state index in [2.05, 4.69) is 9.97 Å². The van der Waals surface area contributed by atoms with Gasteiger partial charge in [-0.05, 0) is 26.3 Å². The summed E-state index contributed by atoms with van der Waals surface area (Å²) in [5, 5.41) is 11.7. The molecular weight excluding hydrogens is 450 g/mol. The number of hydrogen-bond donors (Lipinski definition) is 1. The lowest BCUT2D eigenvalue weighted by molar-refractivity contribution is -0.117. The Balaban J connectivity index is 1.88. The van der Waals surface area contributed by atoms with E-state index in [1.807, 2.05) is 6.07 Å². The number of ether oxygens (including phenoxy) is 1. The average molecular weight is 470 g/mol. The molecule has 0 radical (unpaired) electrons. The van der Waals surface area contributed by atoms with Gasteiger partial charge in [0.15, 0.2) is 10.9 Å². The van der Waals surface area contributed by atoms with Crippen LogP contribution in [0.25, 0.3) is 0 Å². The van der Waals surface area contributed by atoms with Crippen LogP contribution < -0.4 is 4.90 Å². The van der Waals surface area contributed by atoms with Gasteiger partial charge in [-0.25, -0.2) is 14.8 Å². The van der Waals surface area contributed by atoms with Crippen molar-refractivity contribution in [3.8, 4) is 0 Å². The van der Waals surface area contributed by atoms with Crippen molar-refractivity contribution in [3.05, 3.63) is 73.4 Å². The Morgan fingerprint density at radius 2 is 1.69 bits per heavy atom. The molecule has 10 heteroatoms. The van der Waals surface area contributed by atoms with E-state index < -0.39 is 29.5 Å². The van der Waals surface area contributed by atoms with E-state index >= 15 is 0 Å². The quantitative estimate of drug-likeness (QED) is 0.443. The second kappa shape index (κ2) is 8.29. The Morgan fingerprint density at radius 1 is 1.03 bits per heavy atom. The van der Waals surface area contributed by atoms with Crippen LogP contribution in [0.15, 0.2) is 41.7 Å². The van der Waals surface area contributed by atoms with E-state index in [0.717, 1.165) is 11.3 Å². The maximum atomic E-state index is 13.5. The van der Waals surface area contributed by atoms with Crippen LogP contribution in [0.5, 0.6) is 0 Å². The summed E-state index contributed by atoms with van der Waals surface area (Å²) in [6.45, 7) is 5.14. The predicted octanol–water partition coefficient (Wildman–Crippen LogP) is 4.09. The first-order valence-electron chi connectivity index (χ1n) is 9.60. The van der Waals surface area contributed by atoms with Crippen LogP contribution in [-0.4, -0.2) is 39.8 Å². The van der Waals surface area contributed by atoms with Crippen molar-refractivity contribution in [1.29, 1.82) is 0 Å². The molecule has 3 aromatic rings. The number of thiazole rings is 2. The van der Waals surface area contributed by atoms with E-state index in [1.165, 1.54) is 23.3 Å². The number of esters is 1. The minimum Gasteiger partial charge on any atom is -0.503 e. The molecule has 164 valence electrons. The van der Waals surface area contributed by atoms with Crippen LogP contribution >= 0.6 is 22.7 Å².